The molecule has 0 fully saturated rings. The summed E-state index contributed by atoms with van der Waals surface area (Å²) >= 11 is 0. The Morgan fingerprint density at radius 2 is 2.12 bits per heavy atom. The predicted octanol–water partition coefficient (Wildman–Crippen LogP) is 3.22. The van der Waals surface area contributed by atoms with E-state index in [1.54, 1.807) is 25.3 Å². The van der Waals surface area contributed by atoms with Crippen molar-refractivity contribution in [3.8, 4) is 11.5 Å². The number of hydrogen-bond donors (Lipinski definition) is 1. The van der Waals surface area contributed by atoms with Gasteiger partial charge in [-0.05, 0) is 25.1 Å². The maximum absolute atomic E-state index is 13.7. The summed E-state index contributed by atoms with van der Waals surface area (Å²) in [6.45, 7) is 1.63. The number of rotatable bonds is 6. The molecule has 1 atom stereocenters. The highest BCUT2D eigenvalue weighted by Gasteiger charge is 2.16. The van der Waals surface area contributed by atoms with E-state index in [-0.39, 0.29) is 24.3 Å². The van der Waals surface area contributed by atoms with Gasteiger partial charge < -0.3 is 9.84 Å². The van der Waals surface area contributed by atoms with Crippen LogP contribution in [-0.2, 0) is 11.2 Å². The third-order valence-corrected chi connectivity index (χ3v) is 3.73. The number of halogens is 2. The van der Waals surface area contributed by atoms with Crippen LogP contribution in [-0.4, -0.2) is 21.0 Å². The lowest BCUT2D eigenvalue weighted by Gasteiger charge is -2.14. The van der Waals surface area contributed by atoms with Crippen LogP contribution in [0.1, 0.15) is 30.8 Å². The maximum Gasteiger partial charge on any atom is 0.227 e. The highest BCUT2D eigenvalue weighted by molar-refractivity contribution is 5.76. The van der Waals surface area contributed by atoms with E-state index in [1.165, 1.54) is 6.07 Å². The number of carbonyl (C=O) groups excluding carboxylic acids is 1. The first-order chi connectivity index (χ1) is 12.5. The van der Waals surface area contributed by atoms with Gasteiger partial charge >= 0.3 is 0 Å². The molecular formula is C18H16F2N4O2. The summed E-state index contributed by atoms with van der Waals surface area (Å²) in [5, 5.41) is 6.49. The van der Waals surface area contributed by atoms with E-state index in [2.05, 4.69) is 20.4 Å². The van der Waals surface area contributed by atoms with E-state index >= 15 is 0 Å². The molecule has 0 bridgehead atoms. The average Bonchev–Trinajstić information content (AvgIpc) is 3.09. The van der Waals surface area contributed by atoms with Gasteiger partial charge in [0.1, 0.15) is 17.3 Å². The van der Waals surface area contributed by atoms with Crippen molar-refractivity contribution in [1.82, 2.24) is 20.4 Å². The fourth-order valence-electron chi connectivity index (χ4n) is 2.42. The summed E-state index contributed by atoms with van der Waals surface area (Å²) in [4.78, 5) is 20.4. The quantitative estimate of drug-likeness (QED) is 0.732. The van der Waals surface area contributed by atoms with Gasteiger partial charge in [0.05, 0.1) is 6.04 Å². The summed E-state index contributed by atoms with van der Waals surface area (Å²) in [6, 6.07) is 8.00. The van der Waals surface area contributed by atoms with Gasteiger partial charge in [-0.1, -0.05) is 17.3 Å². The Morgan fingerprint density at radius 1 is 1.27 bits per heavy atom. The first-order valence-electron chi connectivity index (χ1n) is 8.01. The van der Waals surface area contributed by atoms with E-state index < -0.39 is 17.7 Å². The van der Waals surface area contributed by atoms with Crippen molar-refractivity contribution in [2.45, 2.75) is 25.8 Å². The molecule has 134 valence electrons. The Morgan fingerprint density at radius 3 is 2.85 bits per heavy atom. The molecule has 0 radical (unpaired) electrons. The zero-order valence-corrected chi connectivity index (χ0v) is 13.9. The lowest BCUT2D eigenvalue weighted by molar-refractivity contribution is -0.121. The molecule has 2 aromatic heterocycles. The summed E-state index contributed by atoms with van der Waals surface area (Å²) < 4.78 is 31.8. The summed E-state index contributed by atoms with van der Waals surface area (Å²) in [5.41, 5.74) is 0.794. The molecule has 0 aliphatic rings. The number of nitrogens with zero attached hydrogens (tertiary/aromatic N) is 3. The van der Waals surface area contributed by atoms with Crippen LogP contribution >= 0.6 is 0 Å². The molecule has 0 aliphatic carbocycles. The SMILES string of the molecule is CC(NC(=O)CCc1nc(-c2ccccn2)no1)c1ccc(F)cc1F. The van der Waals surface area contributed by atoms with E-state index in [1.807, 2.05) is 6.07 Å². The minimum Gasteiger partial charge on any atom is -0.349 e. The number of aryl methyl sites for hydroxylation is 1. The molecule has 8 heteroatoms. The smallest absolute Gasteiger partial charge is 0.227 e. The molecule has 3 rings (SSSR count). The first-order valence-corrected chi connectivity index (χ1v) is 8.01. The lowest BCUT2D eigenvalue weighted by atomic mass is 10.1. The van der Waals surface area contributed by atoms with Gasteiger partial charge in [0.2, 0.25) is 17.6 Å². The number of carbonyl (C=O) groups is 1. The highest BCUT2D eigenvalue weighted by Crippen LogP contribution is 2.18. The summed E-state index contributed by atoms with van der Waals surface area (Å²) in [5.74, 6) is -1.01. The second-order valence-electron chi connectivity index (χ2n) is 5.68. The topological polar surface area (TPSA) is 80.9 Å². The molecule has 1 unspecified atom stereocenters. The van der Waals surface area contributed by atoms with Crippen molar-refractivity contribution >= 4 is 5.91 Å². The Bertz CT molecular complexity index is 899. The molecule has 1 N–H and O–H groups in total. The van der Waals surface area contributed by atoms with Crippen LogP contribution in [0.15, 0.2) is 47.1 Å². The number of nitrogens with one attached hydrogen (secondary N) is 1. The Kier molecular flexibility index (Phi) is 5.31. The van der Waals surface area contributed by atoms with Crippen molar-refractivity contribution in [2.75, 3.05) is 0 Å². The van der Waals surface area contributed by atoms with Crippen molar-refractivity contribution in [2.24, 2.45) is 0 Å². The van der Waals surface area contributed by atoms with Crippen molar-refractivity contribution < 1.29 is 18.1 Å². The molecule has 0 spiro atoms. The Labute approximate surface area is 148 Å². The molecule has 6 nitrogen and oxygen atoms in total. The summed E-state index contributed by atoms with van der Waals surface area (Å²) in [6.07, 6.45) is 1.95. The van der Waals surface area contributed by atoms with E-state index in [9.17, 15) is 13.6 Å². The molecule has 0 saturated carbocycles. The average molecular weight is 358 g/mol. The molecule has 1 aromatic carbocycles. The van der Waals surface area contributed by atoms with Gasteiger partial charge in [0.25, 0.3) is 0 Å². The zero-order valence-electron chi connectivity index (χ0n) is 13.9. The van der Waals surface area contributed by atoms with Gasteiger partial charge in [-0.15, -0.1) is 0 Å². The van der Waals surface area contributed by atoms with Crippen molar-refractivity contribution in [3.63, 3.8) is 0 Å². The van der Waals surface area contributed by atoms with E-state index in [0.29, 0.717) is 17.4 Å². The van der Waals surface area contributed by atoms with Crippen LogP contribution < -0.4 is 5.32 Å². The normalized spacial score (nSPS) is 12.0. The minimum absolute atomic E-state index is 0.0943. The number of aromatic nitrogens is 3. The fraction of sp³-hybridized carbons (Fsp3) is 0.222. The summed E-state index contributed by atoms with van der Waals surface area (Å²) in [7, 11) is 0. The molecule has 3 aromatic rings. The minimum atomic E-state index is -0.699. The van der Waals surface area contributed by atoms with Gasteiger partial charge in [-0.25, -0.2) is 8.78 Å². The van der Waals surface area contributed by atoms with Crippen molar-refractivity contribution in [1.29, 1.82) is 0 Å². The van der Waals surface area contributed by atoms with Gasteiger partial charge in [-0.3, -0.25) is 9.78 Å². The Balaban J connectivity index is 1.55. The van der Waals surface area contributed by atoms with Gasteiger partial charge in [0, 0.05) is 30.7 Å². The Hall–Kier alpha value is -3.16. The second-order valence-corrected chi connectivity index (χ2v) is 5.68. The van der Waals surface area contributed by atoms with Crippen LogP contribution in [0.2, 0.25) is 0 Å². The lowest BCUT2D eigenvalue weighted by Crippen LogP contribution is -2.27. The number of pyridine rings is 1. The number of hydrogen-bond acceptors (Lipinski definition) is 5. The molecular weight excluding hydrogens is 342 g/mol. The van der Waals surface area contributed by atoms with Gasteiger partial charge in [0.15, 0.2) is 0 Å². The standard InChI is InChI=1S/C18H16F2N4O2/c1-11(13-6-5-12(19)10-14(13)20)22-16(25)7-8-17-23-18(24-26-17)15-4-2-3-9-21-15/h2-6,9-11H,7-8H2,1H3,(H,22,25). The van der Waals surface area contributed by atoms with Crippen molar-refractivity contribution in [3.05, 3.63) is 65.7 Å². The van der Waals surface area contributed by atoms with Crippen LogP contribution in [0, 0.1) is 11.6 Å². The predicted molar refractivity (Wildman–Crippen MR) is 88.8 cm³/mol. The first kappa shape index (κ1) is 17.7. The van der Waals surface area contributed by atoms with Crippen LogP contribution in [0.25, 0.3) is 11.5 Å². The van der Waals surface area contributed by atoms with E-state index in [0.717, 1.165) is 12.1 Å². The zero-order chi connectivity index (χ0) is 18.5. The fourth-order valence-corrected chi connectivity index (χ4v) is 2.42. The van der Waals surface area contributed by atoms with E-state index in [4.69, 9.17) is 4.52 Å². The third-order valence-electron chi connectivity index (χ3n) is 3.73. The van der Waals surface area contributed by atoms with Gasteiger partial charge in [-0.2, -0.15) is 4.98 Å². The molecule has 2 heterocycles. The molecule has 0 saturated heterocycles. The van der Waals surface area contributed by atoms with Crippen LogP contribution in [0.4, 0.5) is 8.78 Å². The molecule has 0 aliphatic heterocycles. The van der Waals surface area contributed by atoms with Crippen LogP contribution in [0.5, 0.6) is 0 Å². The largest absolute Gasteiger partial charge is 0.349 e. The van der Waals surface area contributed by atoms with Crippen LogP contribution in [0.3, 0.4) is 0 Å². The third kappa shape index (κ3) is 4.27. The molecule has 26 heavy (non-hydrogen) atoms. The monoisotopic (exact) mass is 358 g/mol. The maximum atomic E-state index is 13.7. The second kappa shape index (κ2) is 7.81. The number of benzene rings is 1. The molecule has 1 amide bonds. The highest BCUT2D eigenvalue weighted by atomic mass is 19.1. The number of amides is 1.